The Morgan fingerprint density at radius 3 is 2.00 bits per heavy atom. The summed E-state index contributed by atoms with van der Waals surface area (Å²) in [7, 11) is -0.903. The predicted octanol–water partition coefficient (Wildman–Crippen LogP) is 4.72. The Labute approximate surface area is 120 Å². The van der Waals surface area contributed by atoms with Gasteiger partial charge in [-0.15, -0.1) is 0 Å². The monoisotopic (exact) mass is 287 g/mol. The van der Waals surface area contributed by atoms with Crippen LogP contribution in [0.3, 0.4) is 0 Å². The van der Waals surface area contributed by atoms with E-state index in [-0.39, 0.29) is 5.60 Å². The zero-order chi connectivity index (χ0) is 14.3. The quantitative estimate of drug-likeness (QED) is 0.603. The van der Waals surface area contributed by atoms with Crippen LogP contribution in [0.5, 0.6) is 0 Å². The van der Waals surface area contributed by atoms with Gasteiger partial charge in [0.15, 0.2) is 0 Å². The van der Waals surface area contributed by atoms with Crippen molar-refractivity contribution < 1.29 is 9.05 Å². The van der Waals surface area contributed by atoms with Crippen LogP contribution in [0.15, 0.2) is 0 Å². The van der Waals surface area contributed by atoms with E-state index in [0.717, 1.165) is 13.0 Å². The van der Waals surface area contributed by atoms with Crippen LogP contribution in [-0.2, 0) is 9.05 Å². The van der Waals surface area contributed by atoms with Gasteiger partial charge in [0, 0.05) is 12.1 Å². The minimum absolute atomic E-state index is 0.163. The van der Waals surface area contributed by atoms with Gasteiger partial charge in [-0.25, -0.2) is 4.67 Å². The van der Waals surface area contributed by atoms with Gasteiger partial charge in [0.1, 0.15) is 0 Å². The van der Waals surface area contributed by atoms with E-state index in [1.807, 2.05) is 0 Å². The van der Waals surface area contributed by atoms with Gasteiger partial charge >= 0.3 is 0 Å². The van der Waals surface area contributed by atoms with Crippen LogP contribution in [-0.4, -0.2) is 29.0 Å². The molecule has 3 saturated carbocycles. The first-order chi connectivity index (χ1) is 8.81. The van der Waals surface area contributed by atoms with Gasteiger partial charge in [-0.1, -0.05) is 13.8 Å². The number of hydrogen-bond donors (Lipinski definition) is 0. The summed E-state index contributed by atoms with van der Waals surface area (Å²) in [5.74, 6) is 0. The van der Waals surface area contributed by atoms with Crippen molar-refractivity contribution in [2.24, 2.45) is 5.41 Å². The van der Waals surface area contributed by atoms with Gasteiger partial charge in [-0.2, -0.15) is 0 Å². The SMILES string of the molecule is CCCOP(OC12CC(C)(C1)C2)N(C(C)C)C(C)C. The summed E-state index contributed by atoms with van der Waals surface area (Å²) in [5, 5.41) is 0. The van der Waals surface area contributed by atoms with E-state index in [0.29, 0.717) is 17.5 Å². The highest BCUT2D eigenvalue weighted by atomic mass is 31.2. The molecule has 19 heavy (non-hydrogen) atoms. The topological polar surface area (TPSA) is 21.7 Å². The van der Waals surface area contributed by atoms with Crippen molar-refractivity contribution in [2.75, 3.05) is 6.61 Å². The van der Waals surface area contributed by atoms with E-state index in [1.54, 1.807) is 0 Å². The van der Waals surface area contributed by atoms with E-state index >= 15 is 0 Å². The Hall–Kier alpha value is 0.310. The maximum absolute atomic E-state index is 6.46. The number of hydrogen-bond acceptors (Lipinski definition) is 3. The molecule has 0 N–H and O–H groups in total. The first-order valence-electron chi connectivity index (χ1n) is 7.71. The lowest BCUT2D eigenvalue weighted by molar-refractivity contribution is -0.235. The lowest BCUT2D eigenvalue weighted by Crippen LogP contribution is -2.66. The third-order valence-corrected chi connectivity index (χ3v) is 6.42. The minimum atomic E-state index is -0.903. The molecule has 0 aromatic carbocycles. The molecular formula is C15H30NO2P. The van der Waals surface area contributed by atoms with Gasteiger partial charge < -0.3 is 9.05 Å². The third kappa shape index (κ3) is 3.15. The van der Waals surface area contributed by atoms with Crippen molar-refractivity contribution in [3.8, 4) is 0 Å². The van der Waals surface area contributed by atoms with E-state index < -0.39 is 8.53 Å². The maximum atomic E-state index is 6.46. The van der Waals surface area contributed by atoms with Crippen molar-refractivity contribution in [1.29, 1.82) is 0 Å². The van der Waals surface area contributed by atoms with E-state index in [9.17, 15) is 0 Å². The second kappa shape index (κ2) is 5.60. The molecule has 0 saturated heterocycles. The molecule has 112 valence electrons. The molecule has 3 fully saturated rings. The Kier molecular flexibility index (Phi) is 4.62. The first-order valence-corrected chi connectivity index (χ1v) is 8.84. The van der Waals surface area contributed by atoms with E-state index in [1.165, 1.54) is 19.3 Å². The average Bonchev–Trinajstić information content (AvgIpc) is 2.20. The highest BCUT2D eigenvalue weighted by Crippen LogP contribution is 2.72. The predicted molar refractivity (Wildman–Crippen MR) is 81.0 cm³/mol. The minimum Gasteiger partial charge on any atom is -0.322 e. The van der Waals surface area contributed by atoms with Gasteiger partial charge in [0.25, 0.3) is 8.53 Å². The van der Waals surface area contributed by atoms with Crippen LogP contribution in [0, 0.1) is 5.41 Å². The summed E-state index contributed by atoms with van der Waals surface area (Å²) < 4.78 is 14.9. The lowest BCUT2D eigenvalue weighted by Gasteiger charge is -2.69. The second-order valence-corrected chi connectivity index (χ2v) is 8.63. The van der Waals surface area contributed by atoms with Gasteiger partial charge in [0.2, 0.25) is 0 Å². The fraction of sp³-hybridized carbons (Fsp3) is 1.00. The summed E-state index contributed by atoms with van der Waals surface area (Å²) in [6.45, 7) is 14.3. The van der Waals surface area contributed by atoms with Gasteiger partial charge in [-0.3, -0.25) is 0 Å². The third-order valence-electron chi connectivity index (χ3n) is 4.17. The fourth-order valence-corrected chi connectivity index (χ4v) is 5.62. The normalized spacial score (nSPS) is 34.6. The van der Waals surface area contributed by atoms with Crippen molar-refractivity contribution in [1.82, 2.24) is 4.67 Å². The first kappa shape index (κ1) is 15.7. The molecule has 0 aromatic heterocycles. The van der Waals surface area contributed by atoms with Crippen molar-refractivity contribution >= 4 is 8.53 Å². The van der Waals surface area contributed by atoms with Crippen LogP contribution in [0.25, 0.3) is 0 Å². The second-order valence-electron chi connectivity index (χ2n) is 7.25. The summed E-state index contributed by atoms with van der Waals surface area (Å²) in [6.07, 6.45) is 4.76. The highest BCUT2D eigenvalue weighted by Gasteiger charge is 2.67. The fourth-order valence-electron chi connectivity index (χ4n) is 3.72. The van der Waals surface area contributed by atoms with Crippen molar-refractivity contribution in [3.05, 3.63) is 0 Å². The molecule has 1 atom stereocenters. The molecule has 1 unspecified atom stereocenters. The van der Waals surface area contributed by atoms with E-state index in [2.05, 4.69) is 46.2 Å². The standard InChI is InChI=1S/C15H30NO2P/c1-7-8-17-19(16(12(2)3)13(4)5)18-15-9-14(6,10-15)11-15/h12-13H,7-11H2,1-6H3. The Balaban J connectivity index is 1.98. The zero-order valence-electron chi connectivity index (χ0n) is 13.4. The molecule has 0 aliphatic heterocycles. The lowest BCUT2D eigenvalue weighted by atomic mass is 9.42. The van der Waals surface area contributed by atoms with Crippen LogP contribution in [0.1, 0.15) is 67.2 Å². The van der Waals surface area contributed by atoms with Crippen LogP contribution < -0.4 is 0 Å². The Morgan fingerprint density at radius 1 is 1.11 bits per heavy atom. The van der Waals surface area contributed by atoms with Crippen molar-refractivity contribution in [3.63, 3.8) is 0 Å². The summed E-state index contributed by atoms with van der Waals surface area (Å²) in [4.78, 5) is 0. The Morgan fingerprint density at radius 2 is 1.63 bits per heavy atom. The molecule has 0 amide bonds. The molecule has 3 rings (SSSR count). The molecule has 3 aliphatic carbocycles. The van der Waals surface area contributed by atoms with Crippen LogP contribution >= 0.6 is 8.53 Å². The number of rotatable bonds is 8. The van der Waals surface area contributed by atoms with Gasteiger partial charge in [-0.05, 0) is 58.8 Å². The smallest absolute Gasteiger partial charge is 0.259 e. The molecule has 2 bridgehead atoms. The molecule has 0 radical (unpaired) electrons. The summed E-state index contributed by atoms with van der Waals surface area (Å²) in [5.41, 5.74) is 0.752. The summed E-state index contributed by atoms with van der Waals surface area (Å²) >= 11 is 0. The molecule has 0 heterocycles. The largest absolute Gasteiger partial charge is 0.322 e. The van der Waals surface area contributed by atoms with Gasteiger partial charge in [0.05, 0.1) is 12.2 Å². The average molecular weight is 287 g/mol. The molecule has 3 aliphatic rings. The molecular weight excluding hydrogens is 257 g/mol. The zero-order valence-corrected chi connectivity index (χ0v) is 14.3. The van der Waals surface area contributed by atoms with E-state index in [4.69, 9.17) is 9.05 Å². The van der Waals surface area contributed by atoms with Crippen molar-refractivity contribution in [2.45, 2.75) is 84.9 Å². The highest BCUT2D eigenvalue weighted by molar-refractivity contribution is 7.44. The summed E-state index contributed by atoms with van der Waals surface area (Å²) in [6, 6.07) is 0.928. The maximum Gasteiger partial charge on any atom is 0.259 e. The molecule has 0 aromatic rings. The van der Waals surface area contributed by atoms with Crippen LogP contribution in [0.2, 0.25) is 0 Å². The Bertz CT molecular complexity index is 291. The van der Waals surface area contributed by atoms with Crippen LogP contribution in [0.4, 0.5) is 0 Å². The molecule has 0 spiro atoms. The molecule has 3 nitrogen and oxygen atoms in total. The molecule has 4 heteroatoms. The number of nitrogens with zero attached hydrogens (tertiary/aromatic N) is 1.